The first-order valence-electron chi connectivity index (χ1n) is 5.67. The number of hydrogen-bond acceptors (Lipinski definition) is 4. The Morgan fingerprint density at radius 3 is 2.83 bits per heavy atom. The standard InChI is InChI=1S/C12H18FN3O2/c1-3-8(7-12(14)16-17)15-9-4-5-11(18-2)10(13)6-9/h4-6,8,15,17H,3,7H2,1-2H3,(H2,14,16). The third-order valence-electron chi connectivity index (χ3n) is 2.60. The maximum atomic E-state index is 13.5. The summed E-state index contributed by atoms with van der Waals surface area (Å²) in [5.74, 6) is -0.0884. The van der Waals surface area contributed by atoms with Gasteiger partial charge in [-0.3, -0.25) is 0 Å². The van der Waals surface area contributed by atoms with E-state index in [4.69, 9.17) is 15.7 Å². The first kappa shape index (κ1) is 14.1. The van der Waals surface area contributed by atoms with Crippen LogP contribution >= 0.6 is 0 Å². The van der Waals surface area contributed by atoms with Gasteiger partial charge < -0.3 is 21.0 Å². The topological polar surface area (TPSA) is 79.9 Å². The van der Waals surface area contributed by atoms with E-state index in [0.717, 1.165) is 6.42 Å². The summed E-state index contributed by atoms with van der Waals surface area (Å²) >= 11 is 0. The zero-order chi connectivity index (χ0) is 13.5. The summed E-state index contributed by atoms with van der Waals surface area (Å²) in [5.41, 5.74) is 6.08. The number of hydrogen-bond donors (Lipinski definition) is 3. The van der Waals surface area contributed by atoms with E-state index in [2.05, 4.69) is 10.5 Å². The quantitative estimate of drug-likeness (QED) is 0.315. The number of nitrogens with one attached hydrogen (secondary N) is 1. The van der Waals surface area contributed by atoms with Gasteiger partial charge in [-0.25, -0.2) is 4.39 Å². The van der Waals surface area contributed by atoms with Gasteiger partial charge in [0, 0.05) is 24.2 Å². The van der Waals surface area contributed by atoms with Crippen LogP contribution in [0.4, 0.5) is 10.1 Å². The Labute approximate surface area is 105 Å². The number of ether oxygens (including phenoxy) is 1. The predicted molar refractivity (Wildman–Crippen MR) is 68.7 cm³/mol. The van der Waals surface area contributed by atoms with Crippen LogP contribution in [0.25, 0.3) is 0 Å². The number of anilines is 1. The molecule has 5 nitrogen and oxygen atoms in total. The second-order valence-electron chi connectivity index (χ2n) is 3.89. The monoisotopic (exact) mass is 255 g/mol. The highest BCUT2D eigenvalue weighted by Crippen LogP contribution is 2.21. The summed E-state index contributed by atoms with van der Waals surface area (Å²) in [6.07, 6.45) is 1.16. The largest absolute Gasteiger partial charge is 0.494 e. The van der Waals surface area contributed by atoms with Gasteiger partial charge in [0.05, 0.1) is 7.11 Å². The molecule has 1 aromatic rings. The maximum absolute atomic E-state index is 13.5. The number of rotatable bonds is 6. The van der Waals surface area contributed by atoms with Crippen molar-refractivity contribution < 1.29 is 14.3 Å². The lowest BCUT2D eigenvalue weighted by molar-refractivity contribution is 0.316. The molecule has 0 heterocycles. The summed E-state index contributed by atoms with van der Waals surface area (Å²) in [4.78, 5) is 0. The molecule has 0 amide bonds. The van der Waals surface area contributed by atoms with Crippen molar-refractivity contribution in [2.45, 2.75) is 25.8 Å². The molecule has 1 unspecified atom stereocenters. The number of oxime groups is 1. The van der Waals surface area contributed by atoms with Crippen LogP contribution in [0.1, 0.15) is 19.8 Å². The van der Waals surface area contributed by atoms with Gasteiger partial charge in [0.25, 0.3) is 0 Å². The van der Waals surface area contributed by atoms with Crippen molar-refractivity contribution in [3.05, 3.63) is 24.0 Å². The second kappa shape index (κ2) is 6.68. The zero-order valence-electron chi connectivity index (χ0n) is 10.5. The number of halogens is 1. The molecule has 0 radical (unpaired) electrons. The molecule has 0 fully saturated rings. The zero-order valence-corrected chi connectivity index (χ0v) is 10.5. The molecule has 1 atom stereocenters. The maximum Gasteiger partial charge on any atom is 0.167 e. The van der Waals surface area contributed by atoms with Crippen LogP contribution in [0.3, 0.4) is 0 Å². The molecule has 0 aliphatic rings. The Balaban J connectivity index is 2.73. The van der Waals surface area contributed by atoms with Crippen LogP contribution in [0.2, 0.25) is 0 Å². The van der Waals surface area contributed by atoms with E-state index in [1.54, 1.807) is 12.1 Å². The molecule has 0 spiro atoms. The van der Waals surface area contributed by atoms with Crippen LogP contribution < -0.4 is 15.8 Å². The highest BCUT2D eigenvalue weighted by Gasteiger charge is 2.10. The smallest absolute Gasteiger partial charge is 0.167 e. The Hall–Kier alpha value is -1.98. The molecule has 0 saturated heterocycles. The summed E-state index contributed by atoms with van der Waals surface area (Å²) in [6.45, 7) is 1.96. The van der Waals surface area contributed by atoms with Gasteiger partial charge in [-0.1, -0.05) is 12.1 Å². The summed E-state index contributed by atoms with van der Waals surface area (Å²) in [5, 5.41) is 14.6. The van der Waals surface area contributed by atoms with Gasteiger partial charge in [0.15, 0.2) is 11.6 Å². The molecular weight excluding hydrogens is 237 g/mol. The second-order valence-corrected chi connectivity index (χ2v) is 3.89. The molecular formula is C12H18FN3O2. The molecule has 18 heavy (non-hydrogen) atoms. The number of nitrogens with two attached hydrogens (primary N) is 1. The lowest BCUT2D eigenvalue weighted by atomic mass is 10.1. The minimum absolute atomic E-state index is 0.0197. The average Bonchev–Trinajstić information content (AvgIpc) is 2.38. The first-order chi connectivity index (χ1) is 8.60. The van der Waals surface area contributed by atoms with E-state index < -0.39 is 5.82 Å². The Morgan fingerprint density at radius 2 is 2.33 bits per heavy atom. The van der Waals surface area contributed by atoms with E-state index in [-0.39, 0.29) is 17.6 Å². The van der Waals surface area contributed by atoms with E-state index in [0.29, 0.717) is 12.1 Å². The van der Waals surface area contributed by atoms with Crippen LogP contribution in [0.5, 0.6) is 5.75 Å². The van der Waals surface area contributed by atoms with Crippen LogP contribution in [-0.4, -0.2) is 24.2 Å². The number of benzene rings is 1. The molecule has 4 N–H and O–H groups in total. The lowest BCUT2D eigenvalue weighted by Gasteiger charge is -2.17. The Morgan fingerprint density at radius 1 is 1.61 bits per heavy atom. The summed E-state index contributed by atoms with van der Waals surface area (Å²) in [7, 11) is 1.42. The highest BCUT2D eigenvalue weighted by molar-refractivity contribution is 5.80. The highest BCUT2D eigenvalue weighted by atomic mass is 19.1. The Bertz CT molecular complexity index is 424. The third kappa shape index (κ3) is 3.80. The lowest BCUT2D eigenvalue weighted by Crippen LogP contribution is -2.26. The average molecular weight is 255 g/mol. The summed E-state index contributed by atoms with van der Waals surface area (Å²) in [6, 6.07) is 4.60. The van der Waals surface area contributed by atoms with E-state index >= 15 is 0 Å². The van der Waals surface area contributed by atoms with Crippen molar-refractivity contribution in [2.75, 3.05) is 12.4 Å². The van der Waals surface area contributed by atoms with E-state index in [1.807, 2.05) is 6.92 Å². The van der Waals surface area contributed by atoms with Gasteiger partial charge in [-0.05, 0) is 18.6 Å². The van der Waals surface area contributed by atoms with Crippen molar-refractivity contribution in [3.63, 3.8) is 0 Å². The number of amidine groups is 1. The molecule has 0 saturated carbocycles. The summed E-state index contributed by atoms with van der Waals surface area (Å²) < 4.78 is 18.3. The third-order valence-corrected chi connectivity index (χ3v) is 2.60. The molecule has 1 rings (SSSR count). The first-order valence-corrected chi connectivity index (χ1v) is 5.67. The van der Waals surface area contributed by atoms with Gasteiger partial charge in [0.1, 0.15) is 5.84 Å². The molecule has 0 aromatic heterocycles. The van der Waals surface area contributed by atoms with Crippen molar-refractivity contribution in [2.24, 2.45) is 10.9 Å². The molecule has 100 valence electrons. The fourth-order valence-corrected chi connectivity index (χ4v) is 1.58. The van der Waals surface area contributed by atoms with Crippen molar-refractivity contribution >= 4 is 11.5 Å². The molecule has 0 aliphatic heterocycles. The predicted octanol–water partition coefficient (Wildman–Crippen LogP) is 2.16. The molecule has 6 heteroatoms. The van der Waals surface area contributed by atoms with E-state index in [9.17, 15) is 4.39 Å². The fourth-order valence-electron chi connectivity index (χ4n) is 1.58. The fraction of sp³-hybridized carbons (Fsp3) is 0.417. The minimum Gasteiger partial charge on any atom is -0.494 e. The molecule has 0 bridgehead atoms. The van der Waals surface area contributed by atoms with Crippen molar-refractivity contribution in [1.29, 1.82) is 0 Å². The van der Waals surface area contributed by atoms with Crippen molar-refractivity contribution in [1.82, 2.24) is 0 Å². The molecule has 0 aliphatic carbocycles. The van der Waals surface area contributed by atoms with E-state index in [1.165, 1.54) is 13.2 Å². The normalized spacial score (nSPS) is 13.2. The minimum atomic E-state index is -0.429. The van der Waals surface area contributed by atoms with Crippen LogP contribution in [0.15, 0.2) is 23.4 Å². The van der Waals surface area contributed by atoms with Crippen LogP contribution in [0, 0.1) is 5.82 Å². The van der Waals surface area contributed by atoms with Gasteiger partial charge >= 0.3 is 0 Å². The van der Waals surface area contributed by atoms with Gasteiger partial charge in [0.2, 0.25) is 0 Å². The van der Waals surface area contributed by atoms with Gasteiger partial charge in [-0.2, -0.15) is 0 Å². The Kier molecular flexibility index (Phi) is 5.23. The van der Waals surface area contributed by atoms with Crippen molar-refractivity contribution in [3.8, 4) is 5.75 Å². The number of nitrogens with zero attached hydrogens (tertiary/aromatic N) is 1. The number of methoxy groups -OCH3 is 1. The SMILES string of the molecule is CCC(CC(N)=NO)Nc1ccc(OC)c(F)c1. The van der Waals surface area contributed by atoms with Crippen LogP contribution in [-0.2, 0) is 0 Å². The van der Waals surface area contributed by atoms with Gasteiger partial charge in [-0.15, -0.1) is 0 Å². The molecule has 1 aromatic carbocycles.